The molecule has 0 unspecified atom stereocenters. The Labute approximate surface area is 232 Å². The van der Waals surface area contributed by atoms with Gasteiger partial charge in [0.15, 0.2) is 0 Å². The second-order valence-electron chi connectivity index (χ2n) is 10.7. The van der Waals surface area contributed by atoms with Gasteiger partial charge in [-0.25, -0.2) is 4.84 Å². The number of carbonyl (C=O) groups is 2. The molecular formula is C30H48N2O7. The summed E-state index contributed by atoms with van der Waals surface area (Å²) >= 11 is 0. The Balaban J connectivity index is 1.61. The largest absolute Gasteiger partial charge is 0.393 e. The molecule has 220 valence electrons. The van der Waals surface area contributed by atoms with Crippen molar-refractivity contribution < 1.29 is 35.1 Å². The molecule has 1 aromatic rings. The lowest BCUT2D eigenvalue weighted by Crippen LogP contribution is -2.22. The number of amides is 1. The van der Waals surface area contributed by atoms with Gasteiger partial charge in [-0.3, -0.25) is 20.0 Å². The molecule has 0 saturated heterocycles. The highest BCUT2D eigenvalue weighted by molar-refractivity contribution is 5.78. The van der Waals surface area contributed by atoms with Crippen LogP contribution >= 0.6 is 0 Å². The van der Waals surface area contributed by atoms with E-state index in [1.54, 1.807) is 12.1 Å². The van der Waals surface area contributed by atoms with E-state index in [1.807, 2.05) is 24.3 Å². The van der Waals surface area contributed by atoms with E-state index in [4.69, 9.17) is 10.4 Å². The number of benzene rings is 1. The van der Waals surface area contributed by atoms with Gasteiger partial charge in [0.25, 0.3) is 0 Å². The zero-order valence-corrected chi connectivity index (χ0v) is 23.3. The van der Waals surface area contributed by atoms with Gasteiger partial charge in [-0.1, -0.05) is 69.0 Å². The van der Waals surface area contributed by atoms with Crippen LogP contribution in [0.4, 0.5) is 0 Å². The number of nitrogens with one attached hydrogen (secondary N) is 1. The van der Waals surface area contributed by atoms with E-state index >= 15 is 0 Å². The van der Waals surface area contributed by atoms with Crippen molar-refractivity contribution in [2.24, 2.45) is 11.8 Å². The Hall–Kier alpha value is -2.14. The summed E-state index contributed by atoms with van der Waals surface area (Å²) in [5, 5.41) is 40.6. The zero-order chi connectivity index (χ0) is 28.5. The molecule has 0 spiro atoms. The second-order valence-corrected chi connectivity index (χ2v) is 10.7. The third-order valence-electron chi connectivity index (χ3n) is 7.55. The van der Waals surface area contributed by atoms with E-state index in [9.17, 15) is 19.8 Å². The van der Waals surface area contributed by atoms with Crippen LogP contribution in [0.15, 0.2) is 36.4 Å². The number of rotatable bonds is 20. The van der Waals surface area contributed by atoms with Crippen LogP contribution in [0.1, 0.15) is 102 Å². The normalized spacial score (nSPS) is 21.2. The van der Waals surface area contributed by atoms with E-state index < -0.39 is 12.2 Å². The first-order valence-corrected chi connectivity index (χ1v) is 14.5. The molecule has 0 aromatic heterocycles. The summed E-state index contributed by atoms with van der Waals surface area (Å²) in [4.78, 5) is 29.0. The number of nitrogens with zero attached hydrogens (tertiary/aromatic N) is 1. The number of unbranched alkanes of at least 4 members (excludes halogenated alkanes) is 5. The maximum Gasteiger partial charge on any atom is 0.220 e. The number of aliphatic hydroxyl groups excluding tert-OH is 2. The van der Waals surface area contributed by atoms with E-state index in [2.05, 4.69) is 17.1 Å². The van der Waals surface area contributed by atoms with Crippen LogP contribution in [0.3, 0.4) is 0 Å². The number of hydrogen-bond donors (Lipinski definition) is 5. The molecule has 39 heavy (non-hydrogen) atoms. The fraction of sp³-hybridized carbons (Fsp3) is 0.667. The molecule has 1 saturated carbocycles. The zero-order valence-electron chi connectivity index (χ0n) is 23.3. The Morgan fingerprint density at radius 2 is 1.62 bits per heavy atom. The third-order valence-corrected chi connectivity index (χ3v) is 7.55. The van der Waals surface area contributed by atoms with Gasteiger partial charge in [0.2, 0.25) is 5.91 Å². The molecular weight excluding hydrogens is 500 g/mol. The molecule has 5 N–H and O–H groups in total. The molecule has 2 rings (SSSR count). The topological polar surface area (TPSA) is 140 Å². The van der Waals surface area contributed by atoms with Crippen LogP contribution in [-0.2, 0) is 27.6 Å². The molecule has 0 radical (unpaired) electrons. The average molecular weight is 549 g/mol. The third kappa shape index (κ3) is 13.7. The SMILES string of the molecule is CCCCCCCC(=O)CC[C@@H]1[C@@H](C/C=C\CCCC(=O)NCc2ccc(CON(O)O)cc2)[C@@H](O)C[C@H]1O. The summed E-state index contributed by atoms with van der Waals surface area (Å²) in [5.74, 6) is 0.133. The quantitative estimate of drug-likeness (QED) is 0.0871. The van der Waals surface area contributed by atoms with Gasteiger partial charge in [-0.15, -0.1) is 0 Å². The maximum atomic E-state index is 12.3. The number of Topliss-reactive ketones (excluding diaryl/α,β-unsaturated/α-hetero) is 1. The molecule has 1 fully saturated rings. The Morgan fingerprint density at radius 3 is 2.33 bits per heavy atom. The molecule has 0 aliphatic heterocycles. The van der Waals surface area contributed by atoms with Gasteiger partial charge in [-0.2, -0.15) is 0 Å². The van der Waals surface area contributed by atoms with Crippen molar-refractivity contribution in [1.82, 2.24) is 10.7 Å². The fourth-order valence-electron chi connectivity index (χ4n) is 5.21. The van der Waals surface area contributed by atoms with Crippen molar-refractivity contribution in [1.29, 1.82) is 0 Å². The molecule has 9 heteroatoms. The van der Waals surface area contributed by atoms with Gasteiger partial charge in [0, 0.05) is 25.8 Å². The lowest BCUT2D eigenvalue weighted by molar-refractivity contribution is -0.497. The van der Waals surface area contributed by atoms with Gasteiger partial charge < -0.3 is 15.5 Å². The van der Waals surface area contributed by atoms with Crippen LogP contribution < -0.4 is 5.32 Å². The molecule has 1 aliphatic carbocycles. The van der Waals surface area contributed by atoms with Crippen LogP contribution in [0, 0.1) is 11.8 Å². The number of ketones is 1. The fourth-order valence-corrected chi connectivity index (χ4v) is 5.21. The van der Waals surface area contributed by atoms with Crippen LogP contribution in [0.2, 0.25) is 0 Å². The number of hydrogen-bond acceptors (Lipinski definition) is 8. The molecule has 4 atom stereocenters. The van der Waals surface area contributed by atoms with Crippen molar-refractivity contribution in [2.75, 3.05) is 0 Å². The summed E-state index contributed by atoms with van der Waals surface area (Å²) in [6, 6.07) is 7.25. The van der Waals surface area contributed by atoms with E-state index in [-0.39, 0.29) is 35.5 Å². The predicted molar refractivity (Wildman–Crippen MR) is 147 cm³/mol. The molecule has 0 bridgehead atoms. The number of allylic oxidation sites excluding steroid dienone is 2. The number of carbonyl (C=O) groups excluding carboxylic acids is 2. The minimum Gasteiger partial charge on any atom is -0.393 e. The monoisotopic (exact) mass is 548 g/mol. The highest BCUT2D eigenvalue weighted by atomic mass is 17.1. The Kier molecular flexibility index (Phi) is 16.1. The minimum absolute atomic E-state index is 0.0209. The molecule has 1 amide bonds. The summed E-state index contributed by atoms with van der Waals surface area (Å²) < 4.78 is 0. The van der Waals surface area contributed by atoms with Crippen molar-refractivity contribution in [3.63, 3.8) is 0 Å². The molecule has 0 heterocycles. The van der Waals surface area contributed by atoms with Gasteiger partial charge >= 0.3 is 0 Å². The number of aliphatic hydroxyl groups is 2. The lowest BCUT2D eigenvalue weighted by Gasteiger charge is -2.22. The maximum absolute atomic E-state index is 12.3. The van der Waals surface area contributed by atoms with E-state index in [1.165, 1.54) is 19.3 Å². The van der Waals surface area contributed by atoms with Crippen molar-refractivity contribution in [3.8, 4) is 0 Å². The van der Waals surface area contributed by atoms with Gasteiger partial charge in [0.05, 0.1) is 24.2 Å². The van der Waals surface area contributed by atoms with Crippen LogP contribution in [0.5, 0.6) is 0 Å². The summed E-state index contributed by atoms with van der Waals surface area (Å²) in [6.45, 7) is 2.61. The summed E-state index contributed by atoms with van der Waals surface area (Å²) in [7, 11) is 0. The smallest absolute Gasteiger partial charge is 0.220 e. The van der Waals surface area contributed by atoms with Crippen molar-refractivity contribution in [2.45, 2.75) is 116 Å². The Morgan fingerprint density at radius 1 is 0.923 bits per heavy atom. The predicted octanol–water partition coefficient (Wildman–Crippen LogP) is 5.00. The minimum atomic E-state index is -0.560. The average Bonchev–Trinajstić information content (AvgIpc) is 3.18. The second kappa shape index (κ2) is 19.0. The molecule has 1 aromatic carbocycles. The van der Waals surface area contributed by atoms with E-state index in [0.717, 1.165) is 30.4 Å². The van der Waals surface area contributed by atoms with E-state index in [0.29, 0.717) is 51.5 Å². The first kappa shape index (κ1) is 33.1. The first-order valence-electron chi connectivity index (χ1n) is 14.5. The van der Waals surface area contributed by atoms with Gasteiger partial charge in [0.1, 0.15) is 5.78 Å². The summed E-state index contributed by atoms with van der Waals surface area (Å²) in [5.41, 5.74) is 1.69. The van der Waals surface area contributed by atoms with Crippen LogP contribution in [0.25, 0.3) is 0 Å². The standard InChI is InChI=1S/C30H48N2O7/c1-2-3-4-5-8-11-25(33)18-19-27-26(28(34)20-29(27)35)12-9-6-7-10-13-30(36)31-21-23-14-16-24(17-15-23)22-39-32(37)38/h6,9,14-17,26-29,34-35,37-38H,2-5,7-8,10-13,18-22H2,1H3,(H,31,36)/b9-6-/t26-,27-,28+,29-/m1/s1. The Bertz CT molecular complexity index is 859. The van der Waals surface area contributed by atoms with Crippen molar-refractivity contribution in [3.05, 3.63) is 47.5 Å². The van der Waals surface area contributed by atoms with Crippen molar-refractivity contribution >= 4 is 11.7 Å². The highest BCUT2D eigenvalue weighted by Crippen LogP contribution is 2.38. The first-order chi connectivity index (χ1) is 18.8. The lowest BCUT2D eigenvalue weighted by atomic mass is 9.86. The molecule has 9 nitrogen and oxygen atoms in total. The van der Waals surface area contributed by atoms with Crippen LogP contribution in [-0.4, -0.2) is 49.9 Å². The molecule has 1 aliphatic rings. The highest BCUT2D eigenvalue weighted by Gasteiger charge is 2.40. The summed E-state index contributed by atoms with van der Waals surface area (Å²) in [6.07, 6.45) is 13.2. The van der Waals surface area contributed by atoms with Gasteiger partial charge in [-0.05, 0) is 61.5 Å².